The predicted octanol–water partition coefficient (Wildman–Crippen LogP) is 4.06. The highest BCUT2D eigenvalue weighted by atomic mass is 35.5. The Kier molecular flexibility index (Phi) is 5.26. The number of nitrogens with two attached hydrogens (primary N) is 2. The molecule has 0 aliphatic heterocycles. The van der Waals surface area contributed by atoms with Gasteiger partial charge >= 0.3 is 0 Å². The van der Waals surface area contributed by atoms with Gasteiger partial charge in [-0.3, -0.25) is 5.84 Å². The Hall–Kier alpha value is -2.23. The van der Waals surface area contributed by atoms with Crippen LogP contribution in [0.3, 0.4) is 0 Å². The molecule has 2 aromatic rings. The minimum atomic E-state index is 0.594. The lowest BCUT2D eigenvalue weighted by atomic mass is 10.0. The lowest BCUT2D eigenvalue weighted by Crippen LogP contribution is -2.25. The second-order valence-electron chi connectivity index (χ2n) is 4.97. The van der Waals surface area contributed by atoms with E-state index in [2.05, 4.69) is 12.0 Å². The van der Waals surface area contributed by atoms with Crippen LogP contribution in [0.25, 0.3) is 16.8 Å². The summed E-state index contributed by atoms with van der Waals surface area (Å²) in [4.78, 5) is 0. The lowest BCUT2D eigenvalue weighted by Gasteiger charge is -2.13. The fourth-order valence-electron chi connectivity index (χ4n) is 2.18. The molecule has 0 aliphatic rings. The number of hydrogen-bond acceptors (Lipinski definition) is 3. The molecular weight excluding hydrogens is 294 g/mol. The highest BCUT2D eigenvalue weighted by Gasteiger charge is 2.08. The SMILES string of the molecule is C=C(CC)/C(NN)=C(/N)c1ccc(-c2ccc(Cl)cc2)cc1. The highest BCUT2D eigenvalue weighted by molar-refractivity contribution is 6.30. The van der Waals surface area contributed by atoms with Crippen LogP contribution in [-0.2, 0) is 0 Å². The first-order valence-electron chi connectivity index (χ1n) is 7.07. The third-order valence-electron chi connectivity index (χ3n) is 3.57. The van der Waals surface area contributed by atoms with E-state index in [1.807, 2.05) is 55.5 Å². The molecule has 22 heavy (non-hydrogen) atoms. The molecule has 114 valence electrons. The Morgan fingerprint density at radius 1 is 1.05 bits per heavy atom. The number of allylic oxidation sites excluding steroid dienone is 1. The van der Waals surface area contributed by atoms with E-state index in [1.165, 1.54) is 0 Å². The molecule has 0 aliphatic carbocycles. The van der Waals surface area contributed by atoms with Crippen molar-refractivity contribution in [2.45, 2.75) is 13.3 Å². The largest absolute Gasteiger partial charge is 0.397 e. The lowest BCUT2D eigenvalue weighted by molar-refractivity contribution is 0.875. The summed E-state index contributed by atoms with van der Waals surface area (Å²) < 4.78 is 0. The molecule has 0 aromatic heterocycles. The summed E-state index contributed by atoms with van der Waals surface area (Å²) in [6.07, 6.45) is 0.781. The molecule has 0 unspecified atom stereocenters. The first kappa shape index (κ1) is 16.1. The van der Waals surface area contributed by atoms with E-state index in [9.17, 15) is 0 Å². The summed E-state index contributed by atoms with van der Waals surface area (Å²) in [6.45, 7) is 5.98. The molecular formula is C18H20ClN3. The van der Waals surface area contributed by atoms with E-state index >= 15 is 0 Å². The standard InChI is InChI=1S/C18H20ClN3/c1-3-12(2)18(22-21)17(20)15-6-4-13(5-7-15)14-8-10-16(19)11-9-14/h4-11,22H,2-3,20-21H2,1H3/b18-17-. The van der Waals surface area contributed by atoms with Crippen molar-refractivity contribution in [1.82, 2.24) is 5.43 Å². The van der Waals surface area contributed by atoms with Crippen LogP contribution in [0.4, 0.5) is 0 Å². The van der Waals surface area contributed by atoms with Crippen LogP contribution in [0.5, 0.6) is 0 Å². The Morgan fingerprint density at radius 3 is 2.00 bits per heavy atom. The van der Waals surface area contributed by atoms with Crippen LogP contribution in [0.2, 0.25) is 5.02 Å². The van der Waals surface area contributed by atoms with Gasteiger partial charge in [0.15, 0.2) is 0 Å². The zero-order valence-electron chi connectivity index (χ0n) is 12.6. The van der Waals surface area contributed by atoms with Crippen molar-refractivity contribution in [2.75, 3.05) is 0 Å². The van der Waals surface area contributed by atoms with Gasteiger partial charge in [0, 0.05) is 5.02 Å². The Morgan fingerprint density at radius 2 is 1.55 bits per heavy atom. The van der Waals surface area contributed by atoms with E-state index < -0.39 is 0 Å². The smallest absolute Gasteiger partial charge is 0.0748 e. The fourth-order valence-corrected chi connectivity index (χ4v) is 2.30. The molecule has 0 amide bonds. The van der Waals surface area contributed by atoms with Crippen LogP contribution in [-0.4, -0.2) is 0 Å². The topological polar surface area (TPSA) is 64.1 Å². The molecule has 0 saturated heterocycles. The van der Waals surface area contributed by atoms with Crippen molar-refractivity contribution in [3.8, 4) is 11.1 Å². The molecule has 4 heteroatoms. The minimum Gasteiger partial charge on any atom is -0.397 e. The number of benzene rings is 2. The zero-order valence-corrected chi connectivity index (χ0v) is 13.3. The molecule has 2 rings (SSSR count). The maximum absolute atomic E-state index is 6.19. The zero-order chi connectivity index (χ0) is 16.1. The van der Waals surface area contributed by atoms with Crippen LogP contribution in [0, 0.1) is 0 Å². The molecule has 0 atom stereocenters. The molecule has 0 spiro atoms. The van der Waals surface area contributed by atoms with E-state index in [0.29, 0.717) is 11.4 Å². The van der Waals surface area contributed by atoms with Gasteiger partial charge in [0.25, 0.3) is 0 Å². The van der Waals surface area contributed by atoms with Gasteiger partial charge in [-0.05, 0) is 40.8 Å². The molecule has 0 bridgehead atoms. The summed E-state index contributed by atoms with van der Waals surface area (Å²) >= 11 is 5.91. The third-order valence-corrected chi connectivity index (χ3v) is 3.82. The van der Waals surface area contributed by atoms with Gasteiger partial charge in [0.05, 0.1) is 11.4 Å². The average Bonchev–Trinajstić information content (AvgIpc) is 2.56. The number of hydrazine groups is 1. The van der Waals surface area contributed by atoms with Crippen LogP contribution >= 0.6 is 11.6 Å². The molecule has 0 radical (unpaired) electrons. The van der Waals surface area contributed by atoms with Crippen molar-refractivity contribution in [1.29, 1.82) is 0 Å². The molecule has 0 fully saturated rings. The summed E-state index contributed by atoms with van der Waals surface area (Å²) in [7, 11) is 0. The van der Waals surface area contributed by atoms with Crippen LogP contribution in [0.15, 0.2) is 66.4 Å². The molecule has 2 aromatic carbocycles. The Labute approximate surface area is 136 Å². The van der Waals surface area contributed by atoms with Crippen molar-refractivity contribution in [3.05, 3.63) is 77.0 Å². The molecule has 0 heterocycles. The number of hydrogen-bond donors (Lipinski definition) is 3. The summed E-state index contributed by atoms with van der Waals surface area (Å²) in [6, 6.07) is 15.7. The quantitative estimate of drug-likeness (QED) is 0.443. The molecule has 3 nitrogen and oxygen atoms in total. The monoisotopic (exact) mass is 313 g/mol. The van der Waals surface area contributed by atoms with Gasteiger partial charge in [-0.25, -0.2) is 0 Å². The first-order chi connectivity index (χ1) is 10.6. The van der Waals surface area contributed by atoms with E-state index in [0.717, 1.165) is 33.7 Å². The van der Waals surface area contributed by atoms with Crippen LogP contribution < -0.4 is 17.0 Å². The summed E-state index contributed by atoms with van der Waals surface area (Å²) in [5.74, 6) is 5.56. The third kappa shape index (κ3) is 3.50. The first-order valence-corrected chi connectivity index (χ1v) is 7.45. The van der Waals surface area contributed by atoms with Crippen LogP contribution in [0.1, 0.15) is 18.9 Å². The van der Waals surface area contributed by atoms with Crippen molar-refractivity contribution in [3.63, 3.8) is 0 Å². The second-order valence-corrected chi connectivity index (χ2v) is 5.41. The average molecular weight is 314 g/mol. The fraction of sp³-hybridized carbons (Fsp3) is 0.111. The Bertz CT molecular complexity index is 685. The van der Waals surface area contributed by atoms with Gasteiger partial charge in [-0.15, -0.1) is 0 Å². The van der Waals surface area contributed by atoms with Crippen molar-refractivity contribution in [2.24, 2.45) is 11.6 Å². The van der Waals surface area contributed by atoms with Gasteiger partial charge in [0.1, 0.15) is 0 Å². The van der Waals surface area contributed by atoms with Gasteiger partial charge in [-0.1, -0.05) is 61.5 Å². The second kappa shape index (κ2) is 7.16. The van der Waals surface area contributed by atoms with Gasteiger partial charge in [-0.2, -0.15) is 0 Å². The molecule has 0 saturated carbocycles. The van der Waals surface area contributed by atoms with Crippen molar-refractivity contribution >= 4 is 17.3 Å². The van der Waals surface area contributed by atoms with E-state index in [1.54, 1.807) is 0 Å². The maximum atomic E-state index is 6.19. The molecule has 5 N–H and O–H groups in total. The highest BCUT2D eigenvalue weighted by Crippen LogP contribution is 2.24. The summed E-state index contributed by atoms with van der Waals surface area (Å²) in [5.41, 5.74) is 14.1. The van der Waals surface area contributed by atoms with E-state index in [4.69, 9.17) is 23.2 Å². The minimum absolute atomic E-state index is 0.594. The number of rotatable bonds is 5. The number of nitrogens with one attached hydrogen (secondary N) is 1. The van der Waals surface area contributed by atoms with Crippen molar-refractivity contribution < 1.29 is 0 Å². The predicted molar refractivity (Wildman–Crippen MR) is 94.7 cm³/mol. The number of halogens is 1. The summed E-state index contributed by atoms with van der Waals surface area (Å²) in [5, 5.41) is 0.726. The maximum Gasteiger partial charge on any atom is 0.0748 e. The van der Waals surface area contributed by atoms with E-state index in [-0.39, 0.29) is 0 Å². The van der Waals surface area contributed by atoms with Gasteiger partial charge < -0.3 is 11.2 Å². The van der Waals surface area contributed by atoms with Gasteiger partial charge in [0.2, 0.25) is 0 Å². The normalized spacial score (nSPS) is 11.8. The Balaban J connectivity index is 2.34.